The molecule has 0 bridgehead atoms. The number of fused-ring (bicyclic) bond motifs is 1. The first kappa shape index (κ1) is 19.4. The minimum absolute atomic E-state index is 0.301. The summed E-state index contributed by atoms with van der Waals surface area (Å²) in [6, 6.07) is 5.54. The van der Waals surface area contributed by atoms with Crippen molar-refractivity contribution in [2.75, 3.05) is 25.0 Å². The van der Waals surface area contributed by atoms with Crippen LogP contribution in [0.15, 0.2) is 18.2 Å². The van der Waals surface area contributed by atoms with Gasteiger partial charge in [0, 0.05) is 31.2 Å². The van der Waals surface area contributed by atoms with Crippen LogP contribution in [0.5, 0.6) is 5.75 Å². The molecule has 150 valence electrons. The summed E-state index contributed by atoms with van der Waals surface area (Å²) in [5.41, 5.74) is 3.42. The second kappa shape index (κ2) is 8.62. The Hall–Kier alpha value is -1.92. The molecule has 0 spiro atoms. The van der Waals surface area contributed by atoms with E-state index in [0.29, 0.717) is 23.7 Å². The molecule has 2 aromatic rings. The summed E-state index contributed by atoms with van der Waals surface area (Å²) in [5, 5.41) is 3.94. The maximum Gasteiger partial charge on any atom is 0.224 e. The lowest BCUT2D eigenvalue weighted by Crippen LogP contribution is -2.39. The van der Waals surface area contributed by atoms with Gasteiger partial charge in [0.25, 0.3) is 0 Å². The molecule has 2 aliphatic rings. The molecule has 0 radical (unpaired) electrons. The lowest BCUT2D eigenvalue weighted by Gasteiger charge is -2.33. The highest BCUT2D eigenvalue weighted by Gasteiger charge is 2.24. The minimum Gasteiger partial charge on any atom is -0.491 e. The Morgan fingerprint density at radius 1 is 1.25 bits per heavy atom. The number of benzene rings is 1. The van der Waals surface area contributed by atoms with Crippen molar-refractivity contribution in [1.82, 2.24) is 14.9 Å². The van der Waals surface area contributed by atoms with Gasteiger partial charge >= 0.3 is 0 Å². The van der Waals surface area contributed by atoms with Gasteiger partial charge in [-0.25, -0.2) is 14.4 Å². The SMILES string of the molecule is CCOc1cc(CN2CCC(Nc3nc(Cl)nc4c3CCC4)CC2)ccc1F. The zero-order valence-corrected chi connectivity index (χ0v) is 16.9. The van der Waals surface area contributed by atoms with Crippen LogP contribution in [0, 0.1) is 5.82 Å². The van der Waals surface area contributed by atoms with Crippen molar-refractivity contribution in [2.24, 2.45) is 0 Å². The fourth-order valence-corrected chi connectivity index (χ4v) is 4.31. The number of halogens is 2. The molecule has 5 nitrogen and oxygen atoms in total. The highest BCUT2D eigenvalue weighted by atomic mass is 35.5. The number of hydrogen-bond acceptors (Lipinski definition) is 5. The van der Waals surface area contributed by atoms with Crippen LogP contribution in [0.3, 0.4) is 0 Å². The molecule has 1 fully saturated rings. The predicted octanol–water partition coefficient (Wildman–Crippen LogP) is 4.23. The third-order valence-corrected chi connectivity index (χ3v) is 5.70. The highest BCUT2D eigenvalue weighted by Crippen LogP contribution is 2.29. The van der Waals surface area contributed by atoms with E-state index in [4.69, 9.17) is 16.3 Å². The molecular formula is C21H26ClFN4O. The maximum absolute atomic E-state index is 13.7. The molecule has 0 saturated carbocycles. The van der Waals surface area contributed by atoms with E-state index in [1.165, 1.54) is 11.6 Å². The fourth-order valence-electron chi connectivity index (χ4n) is 4.12. The lowest BCUT2D eigenvalue weighted by atomic mass is 10.0. The normalized spacial score (nSPS) is 17.5. The van der Waals surface area contributed by atoms with Crippen LogP contribution in [0.2, 0.25) is 5.28 Å². The van der Waals surface area contributed by atoms with Crippen LogP contribution >= 0.6 is 11.6 Å². The Kier molecular flexibility index (Phi) is 5.97. The van der Waals surface area contributed by atoms with Gasteiger partial charge in [-0.3, -0.25) is 4.90 Å². The number of nitrogens with one attached hydrogen (secondary N) is 1. The van der Waals surface area contributed by atoms with E-state index >= 15 is 0 Å². The van der Waals surface area contributed by atoms with Crippen molar-refractivity contribution in [3.63, 3.8) is 0 Å². The van der Waals surface area contributed by atoms with Crippen LogP contribution in [0.25, 0.3) is 0 Å². The number of hydrogen-bond donors (Lipinski definition) is 1. The smallest absolute Gasteiger partial charge is 0.224 e. The molecule has 1 aromatic carbocycles. The molecule has 0 atom stereocenters. The summed E-state index contributed by atoms with van der Waals surface area (Å²) >= 11 is 6.10. The van der Waals surface area contributed by atoms with Gasteiger partial charge in [0.15, 0.2) is 11.6 Å². The molecule has 0 unspecified atom stereocenters. The molecule has 1 aromatic heterocycles. The minimum atomic E-state index is -0.301. The first-order valence-electron chi connectivity index (χ1n) is 10.1. The molecule has 0 amide bonds. The Labute approximate surface area is 170 Å². The van der Waals surface area contributed by atoms with Crippen molar-refractivity contribution in [1.29, 1.82) is 0 Å². The van der Waals surface area contributed by atoms with E-state index < -0.39 is 0 Å². The van der Waals surface area contributed by atoms with Gasteiger partial charge < -0.3 is 10.1 Å². The summed E-state index contributed by atoms with van der Waals surface area (Å²) in [6.07, 6.45) is 5.22. The molecule has 28 heavy (non-hydrogen) atoms. The van der Waals surface area contributed by atoms with Crippen LogP contribution in [-0.2, 0) is 19.4 Å². The Morgan fingerprint density at radius 3 is 2.86 bits per heavy atom. The molecule has 1 aliphatic heterocycles. The topological polar surface area (TPSA) is 50.3 Å². The number of anilines is 1. The van der Waals surface area contributed by atoms with E-state index in [2.05, 4.69) is 20.2 Å². The van der Waals surface area contributed by atoms with E-state index in [-0.39, 0.29) is 5.82 Å². The highest BCUT2D eigenvalue weighted by molar-refractivity contribution is 6.28. The lowest BCUT2D eigenvalue weighted by molar-refractivity contribution is 0.210. The standard InChI is InChI=1S/C21H26ClFN4O/c1-2-28-19-12-14(6-7-17(19)23)13-27-10-8-15(9-11-27)24-20-16-4-3-5-18(16)25-21(22)26-20/h6-7,12,15H,2-5,8-11,13H2,1H3,(H,24,25,26). The van der Waals surface area contributed by atoms with Crippen molar-refractivity contribution >= 4 is 17.4 Å². The van der Waals surface area contributed by atoms with E-state index in [1.807, 2.05) is 19.1 Å². The van der Waals surface area contributed by atoms with E-state index in [1.54, 1.807) is 0 Å². The molecule has 4 rings (SSSR count). The molecular weight excluding hydrogens is 379 g/mol. The summed E-state index contributed by atoms with van der Waals surface area (Å²) < 4.78 is 19.1. The summed E-state index contributed by atoms with van der Waals surface area (Å²) in [5.74, 6) is 0.960. The number of rotatable bonds is 6. The van der Waals surface area contributed by atoms with Crippen molar-refractivity contribution in [3.05, 3.63) is 46.1 Å². The predicted molar refractivity (Wildman–Crippen MR) is 109 cm³/mol. The molecule has 2 heterocycles. The third kappa shape index (κ3) is 4.39. The molecule has 1 saturated heterocycles. The monoisotopic (exact) mass is 404 g/mol. The van der Waals surface area contributed by atoms with Crippen LogP contribution in [-0.4, -0.2) is 40.6 Å². The van der Waals surface area contributed by atoms with Gasteiger partial charge in [-0.2, -0.15) is 0 Å². The average Bonchev–Trinajstić information content (AvgIpc) is 3.15. The van der Waals surface area contributed by atoms with Crippen molar-refractivity contribution < 1.29 is 9.13 Å². The number of aromatic nitrogens is 2. The quantitative estimate of drug-likeness (QED) is 0.730. The second-order valence-electron chi connectivity index (χ2n) is 7.51. The van der Waals surface area contributed by atoms with Crippen LogP contribution < -0.4 is 10.1 Å². The van der Waals surface area contributed by atoms with Crippen LogP contribution in [0.4, 0.5) is 10.2 Å². The second-order valence-corrected chi connectivity index (χ2v) is 7.85. The number of nitrogens with zero attached hydrogens (tertiary/aromatic N) is 3. The largest absolute Gasteiger partial charge is 0.491 e. The first-order chi connectivity index (χ1) is 13.6. The maximum atomic E-state index is 13.7. The van der Waals surface area contributed by atoms with Gasteiger partial charge in [-0.05, 0) is 68.3 Å². The zero-order chi connectivity index (χ0) is 19.5. The summed E-state index contributed by atoms with van der Waals surface area (Å²) in [4.78, 5) is 11.2. The van der Waals surface area contributed by atoms with E-state index in [9.17, 15) is 4.39 Å². The van der Waals surface area contributed by atoms with Gasteiger partial charge in [0.2, 0.25) is 5.28 Å². The average molecular weight is 405 g/mol. The van der Waals surface area contributed by atoms with Crippen molar-refractivity contribution in [2.45, 2.75) is 51.6 Å². The van der Waals surface area contributed by atoms with Gasteiger partial charge in [-0.1, -0.05) is 6.07 Å². The number of likely N-dealkylation sites (tertiary alicyclic amines) is 1. The Balaban J connectivity index is 1.34. The van der Waals surface area contributed by atoms with Gasteiger partial charge in [0.05, 0.1) is 12.3 Å². The summed E-state index contributed by atoms with van der Waals surface area (Å²) in [7, 11) is 0. The number of ether oxygens (including phenoxy) is 1. The Bertz CT molecular complexity index is 839. The Morgan fingerprint density at radius 2 is 2.07 bits per heavy atom. The van der Waals surface area contributed by atoms with Crippen molar-refractivity contribution in [3.8, 4) is 5.75 Å². The third-order valence-electron chi connectivity index (χ3n) is 5.54. The van der Waals surface area contributed by atoms with Gasteiger partial charge in [0.1, 0.15) is 5.82 Å². The first-order valence-corrected chi connectivity index (χ1v) is 10.5. The number of piperidine rings is 1. The molecule has 7 heteroatoms. The fraction of sp³-hybridized carbons (Fsp3) is 0.524. The number of aryl methyl sites for hydroxylation is 1. The van der Waals surface area contributed by atoms with E-state index in [0.717, 1.165) is 68.8 Å². The van der Waals surface area contributed by atoms with Gasteiger partial charge in [-0.15, -0.1) is 0 Å². The summed E-state index contributed by atoms with van der Waals surface area (Å²) in [6.45, 7) is 5.11. The molecule has 1 N–H and O–H groups in total. The zero-order valence-electron chi connectivity index (χ0n) is 16.2. The van der Waals surface area contributed by atoms with Crippen LogP contribution in [0.1, 0.15) is 43.0 Å². The molecule has 1 aliphatic carbocycles.